The van der Waals surface area contributed by atoms with Crippen molar-refractivity contribution in [3.63, 3.8) is 0 Å². The van der Waals surface area contributed by atoms with E-state index in [2.05, 4.69) is 36.0 Å². The Morgan fingerprint density at radius 3 is 2.09 bits per heavy atom. The zero-order valence-electron chi connectivity index (χ0n) is 18.2. The van der Waals surface area contributed by atoms with Crippen LogP contribution in [0.15, 0.2) is 65.3 Å². The van der Waals surface area contributed by atoms with Crippen LogP contribution < -0.4 is 16.1 Å². The van der Waals surface area contributed by atoms with E-state index in [-0.39, 0.29) is 17.6 Å². The lowest BCUT2D eigenvalue weighted by atomic mass is 10.2. The molecule has 168 valence electrons. The Morgan fingerprint density at radius 1 is 0.879 bits per heavy atom. The van der Waals surface area contributed by atoms with Crippen molar-refractivity contribution in [3.05, 3.63) is 76.4 Å². The first-order valence-electron chi connectivity index (χ1n) is 10.5. The maximum absolute atomic E-state index is 13.3. The number of nitrogens with one attached hydrogen (secondary N) is 3. The fourth-order valence-electron chi connectivity index (χ4n) is 3.12. The van der Waals surface area contributed by atoms with Crippen LogP contribution >= 0.6 is 11.6 Å². The summed E-state index contributed by atoms with van der Waals surface area (Å²) in [5.74, 6) is 1.11. The van der Waals surface area contributed by atoms with Gasteiger partial charge in [-0.2, -0.15) is 20.0 Å². The molecular formula is C23H23ClN8O. The molecule has 9 nitrogen and oxygen atoms in total. The Morgan fingerprint density at radius 2 is 1.48 bits per heavy atom. The van der Waals surface area contributed by atoms with E-state index in [1.54, 1.807) is 18.2 Å². The van der Waals surface area contributed by atoms with Gasteiger partial charge in [0.15, 0.2) is 5.84 Å². The summed E-state index contributed by atoms with van der Waals surface area (Å²) in [4.78, 5) is 31.0. The van der Waals surface area contributed by atoms with Crippen LogP contribution in [0.4, 0.5) is 17.8 Å². The third kappa shape index (κ3) is 5.27. The summed E-state index contributed by atoms with van der Waals surface area (Å²) in [7, 11) is 0. The number of carbonyl (C=O) groups is 1. The number of amides is 1. The first-order valence-corrected chi connectivity index (χ1v) is 10.9. The van der Waals surface area contributed by atoms with Crippen molar-refractivity contribution in [2.75, 3.05) is 29.1 Å². The Hall–Kier alpha value is -3.98. The number of aliphatic imine (C=N–C) groups is 1. The number of benzene rings is 2. The average Bonchev–Trinajstić information content (AvgIpc) is 3.11. The minimum atomic E-state index is -0.334. The summed E-state index contributed by atoms with van der Waals surface area (Å²) < 4.78 is 0. The van der Waals surface area contributed by atoms with E-state index in [4.69, 9.17) is 11.6 Å². The number of amidine groups is 1. The van der Waals surface area contributed by atoms with Crippen molar-refractivity contribution in [2.45, 2.75) is 13.8 Å². The lowest BCUT2D eigenvalue weighted by Crippen LogP contribution is -2.38. The quantitative estimate of drug-likeness (QED) is 0.433. The standard InChI is InChI=1S/C23H23ClN8O/c1-3-25-21-28-22(26-4-2)30-23(29-21)31-32-19(16-8-6-5-7-9-16)27-18(20(32)33)14-15-10-12-17(24)13-11-15/h5-14H,3-4H2,1-2H3,(H3,25,26,28,29,30,31)/b18-14-. The van der Waals surface area contributed by atoms with E-state index < -0.39 is 0 Å². The van der Waals surface area contributed by atoms with Crippen molar-refractivity contribution in [1.82, 2.24) is 20.0 Å². The SMILES string of the molecule is CCNc1nc(NCC)nc(NN2C(=O)/C(=C/c3ccc(Cl)cc3)N=C2c2ccccc2)n1. The maximum Gasteiger partial charge on any atom is 0.297 e. The van der Waals surface area contributed by atoms with E-state index in [0.29, 0.717) is 35.8 Å². The number of rotatable bonds is 8. The molecule has 2 heterocycles. The zero-order chi connectivity index (χ0) is 23.2. The van der Waals surface area contributed by atoms with E-state index in [1.807, 2.05) is 56.3 Å². The molecule has 0 aliphatic carbocycles. The van der Waals surface area contributed by atoms with Crippen molar-refractivity contribution < 1.29 is 4.79 Å². The van der Waals surface area contributed by atoms with Gasteiger partial charge in [-0.25, -0.2) is 4.99 Å². The average molecular weight is 463 g/mol. The van der Waals surface area contributed by atoms with Gasteiger partial charge < -0.3 is 10.6 Å². The molecule has 0 spiro atoms. The molecule has 0 saturated heterocycles. The number of hydrogen-bond donors (Lipinski definition) is 3. The molecule has 0 bridgehead atoms. The third-order valence-corrected chi connectivity index (χ3v) is 4.83. The molecule has 10 heteroatoms. The minimum absolute atomic E-state index is 0.210. The maximum atomic E-state index is 13.3. The first kappa shape index (κ1) is 22.2. The minimum Gasteiger partial charge on any atom is -0.354 e. The van der Waals surface area contributed by atoms with Gasteiger partial charge in [-0.05, 0) is 37.6 Å². The Balaban J connectivity index is 1.71. The second-order valence-corrected chi connectivity index (χ2v) is 7.44. The highest BCUT2D eigenvalue weighted by Crippen LogP contribution is 2.23. The van der Waals surface area contributed by atoms with Gasteiger partial charge in [0, 0.05) is 23.7 Å². The first-order chi connectivity index (χ1) is 16.1. The van der Waals surface area contributed by atoms with Gasteiger partial charge in [-0.15, -0.1) is 0 Å². The number of aromatic nitrogens is 3. The second-order valence-electron chi connectivity index (χ2n) is 7.00. The monoisotopic (exact) mass is 462 g/mol. The molecule has 1 aliphatic heterocycles. The van der Waals surface area contributed by atoms with Gasteiger partial charge in [0.2, 0.25) is 17.8 Å². The predicted molar refractivity (Wildman–Crippen MR) is 131 cm³/mol. The van der Waals surface area contributed by atoms with E-state index in [1.165, 1.54) is 5.01 Å². The number of anilines is 3. The van der Waals surface area contributed by atoms with Crippen LogP contribution in [0.25, 0.3) is 6.08 Å². The molecule has 0 fully saturated rings. The Labute approximate surface area is 196 Å². The van der Waals surface area contributed by atoms with Crippen LogP contribution in [0, 0.1) is 0 Å². The van der Waals surface area contributed by atoms with Gasteiger partial charge in [-0.1, -0.05) is 54.1 Å². The summed E-state index contributed by atoms with van der Waals surface area (Å²) >= 11 is 5.98. The lowest BCUT2D eigenvalue weighted by Gasteiger charge is -2.19. The molecule has 1 amide bonds. The van der Waals surface area contributed by atoms with Gasteiger partial charge in [0.05, 0.1) is 0 Å². The topological polar surface area (TPSA) is 107 Å². The molecule has 0 atom stereocenters. The molecule has 2 aromatic carbocycles. The molecular weight excluding hydrogens is 440 g/mol. The lowest BCUT2D eigenvalue weighted by molar-refractivity contribution is -0.121. The predicted octanol–water partition coefficient (Wildman–Crippen LogP) is 4.05. The Kier molecular flexibility index (Phi) is 6.80. The normalized spacial score (nSPS) is 14.4. The molecule has 1 aromatic heterocycles. The molecule has 3 aromatic rings. The largest absolute Gasteiger partial charge is 0.354 e. The summed E-state index contributed by atoms with van der Waals surface area (Å²) in [5.41, 5.74) is 4.86. The highest BCUT2D eigenvalue weighted by atomic mass is 35.5. The highest BCUT2D eigenvalue weighted by Gasteiger charge is 2.32. The van der Waals surface area contributed by atoms with Crippen molar-refractivity contribution in [1.29, 1.82) is 0 Å². The van der Waals surface area contributed by atoms with Crippen molar-refractivity contribution in [3.8, 4) is 0 Å². The number of hydrazine groups is 1. The number of halogens is 1. The summed E-state index contributed by atoms with van der Waals surface area (Å²) in [6, 6.07) is 16.6. The zero-order valence-corrected chi connectivity index (χ0v) is 19.0. The van der Waals surface area contributed by atoms with Crippen molar-refractivity contribution in [2.24, 2.45) is 4.99 Å². The van der Waals surface area contributed by atoms with Crippen LogP contribution in [0.5, 0.6) is 0 Å². The smallest absolute Gasteiger partial charge is 0.297 e. The van der Waals surface area contributed by atoms with Gasteiger partial charge in [-0.3, -0.25) is 10.2 Å². The van der Waals surface area contributed by atoms with Crippen LogP contribution in [-0.4, -0.2) is 44.8 Å². The number of carbonyl (C=O) groups excluding carboxylic acids is 1. The van der Waals surface area contributed by atoms with Crippen molar-refractivity contribution >= 4 is 47.3 Å². The van der Waals surface area contributed by atoms with E-state index in [0.717, 1.165) is 11.1 Å². The van der Waals surface area contributed by atoms with Gasteiger partial charge in [0.1, 0.15) is 5.70 Å². The molecule has 0 radical (unpaired) electrons. The fourth-order valence-corrected chi connectivity index (χ4v) is 3.24. The van der Waals surface area contributed by atoms with E-state index >= 15 is 0 Å². The molecule has 1 aliphatic rings. The second kappa shape index (κ2) is 10.1. The van der Waals surface area contributed by atoms with Gasteiger partial charge >= 0.3 is 0 Å². The molecule has 4 rings (SSSR count). The third-order valence-electron chi connectivity index (χ3n) is 4.58. The van der Waals surface area contributed by atoms with Gasteiger partial charge in [0.25, 0.3) is 5.91 Å². The van der Waals surface area contributed by atoms with Crippen LogP contribution in [0.2, 0.25) is 5.02 Å². The van der Waals surface area contributed by atoms with E-state index in [9.17, 15) is 4.79 Å². The summed E-state index contributed by atoms with van der Waals surface area (Å²) in [5, 5.41) is 8.11. The Bertz CT molecular complexity index is 1170. The molecule has 33 heavy (non-hydrogen) atoms. The molecule has 0 saturated carbocycles. The summed E-state index contributed by atoms with van der Waals surface area (Å²) in [6.07, 6.45) is 1.71. The van der Waals surface area contributed by atoms with Crippen LogP contribution in [0.3, 0.4) is 0 Å². The van der Waals surface area contributed by atoms with Crippen LogP contribution in [0.1, 0.15) is 25.0 Å². The highest BCUT2D eigenvalue weighted by molar-refractivity contribution is 6.30. The molecule has 3 N–H and O–H groups in total. The van der Waals surface area contributed by atoms with Crippen LogP contribution in [-0.2, 0) is 4.79 Å². The summed E-state index contributed by atoms with van der Waals surface area (Å²) in [6.45, 7) is 5.17. The number of hydrogen-bond acceptors (Lipinski definition) is 8. The number of nitrogens with zero attached hydrogens (tertiary/aromatic N) is 5. The fraction of sp³-hybridized carbons (Fsp3) is 0.174. The molecule has 0 unspecified atom stereocenters.